The first-order valence-corrected chi connectivity index (χ1v) is 8.91. The van der Waals surface area contributed by atoms with Crippen molar-refractivity contribution < 1.29 is 32.2 Å². The number of hydrogen-bond donors (Lipinski definition) is 2. The number of pyridine rings is 1. The molecule has 0 amide bonds. The second-order valence-electron chi connectivity index (χ2n) is 5.81. The molecule has 2 aromatic heterocycles. The van der Waals surface area contributed by atoms with E-state index < -0.39 is 31.0 Å². The molecule has 2 unspecified atom stereocenters. The molecule has 1 aliphatic rings. The van der Waals surface area contributed by atoms with Gasteiger partial charge in [0.1, 0.15) is 18.1 Å². The Morgan fingerprint density at radius 3 is 2.41 bits per heavy atom. The van der Waals surface area contributed by atoms with Crippen LogP contribution in [-0.4, -0.2) is 44.9 Å². The Labute approximate surface area is 169 Å². The number of aromatic carboxylic acids is 1. The molecular formula is C17H21ClF4N4O3. The molecule has 29 heavy (non-hydrogen) atoms. The number of ether oxygens (including phenoxy) is 1. The number of carboxylic acids is 1. The van der Waals surface area contributed by atoms with Crippen molar-refractivity contribution in [1.82, 2.24) is 14.8 Å². The fourth-order valence-electron chi connectivity index (χ4n) is 2.01. The summed E-state index contributed by atoms with van der Waals surface area (Å²) in [6.45, 7) is 3.50. The maximum atomic E-state index is 12.4. The first-order chi connectivity index (χ1) is 13.6. The van der Waals surface area contributed by atoms with E-state index in [0.717, 1.165) is 0 Å². The topological polar surface area (TPSA) is 103 Å². The lowest BCUT2D eigenvalue weighted by atomic mass is 10.3. The van der Waals surface area contributed by atoms with Gasteiger partial charge in [-0.1, -0.05) is 31.9 Å². The normalized spacial score (nSPS) is 17.4. The van der Waals surface area contributed by atoms with Crippen molar-refractivity contribution in [2.75, 3.05) is 6.80 Å². The van der Waals surface area contributed by atoms with Gasteiger partial charge in [-0.25, -0.2) is 18.9 Å². The summed E-state index contributed by atoms with van der Waals surface area (Å²) in [4.78, 5) is 14.7. The van der Waals surface area contributed by atoms with Crippen molar-refractivity contribution in [3.63, 3.8) is 0 Å². The summed E-state index contributed by atoms with van der Waals surface area (Å²) in [7, 11) is 0. The van der Waals surface area contributed by atoms with Gasteiger partial charge in [0.05, 0.1) is 11.5 Å². The maximum Gasteiger partial charge on any atom is 0.395 e. The minimum absolute atomic E-state index is 0.0296. The van der Waals surface area contributed by atoms with E-state index in [9.17, 15) is 22.4 Å². The molecule has 162 valence electrons. The summed E-state index contributed by atoms with van der Waals surface area (Å²) in [5.74, 6) is -2.43. The van der Waals surface area contributed by atoms with Gasteiger partial charge in [-0.2, -0.15) is 13.2 Å². The van der Waals surface area contributed by atoms with Crippen LogP contribution in [0.1, 0.15) is 37.0 Å². The average molecular weight is 441 g/mol. The SMILES string of the molecule is CCC.NCF.O=C(O)c1ccc(-n2ccc(OC3CC3C(F)(F)F)n2)nc1Cl. The van der Waals surface area contributed by atoms with Crippen LogP contribution in [0.4, 0.5) is 17.6 Å². The second-order valence-corrected chi connectivity index (χ2v) is 6.17. The second kappa shape index (κ2) is 11.0. The van der Waals surface area contributed by atoms with Crippen molar-refractivity contribution in [1.29, 1.82) is 0 Å². The highest BCUT2D eigenvalue weighted by Gasteiger charge is 2.57. The van der Waals surface area contributed by atoms with Gasteiger partial charge in [-0.15, -0.1) is 5.10 Å². The number of aromatic nitrogens is 3. The van der Waals surface area contributed by atoms with Gasteiger partial charge in [-0.3, -0.25) is 0 Å². The summed E-state index contributed by atoms with van der Waals surface area (Å²) >= 11 is 5.76. The van der Waals surface area contributed by atoms with Crippen molar-refractivity contribution in [2.24, 2.45) is 11.7 Å². The van der Waals surface area contributed by atoms with Crippen LogP contribution in [0.3, 0.4) is 0 Å². The molecule has 3 N–H and O–H groups in total. The third-order valence-corrected chi connectivity index (χ3v) is 3.58. The van der Waals surface area contributed by atoms with E-state index in [2.05, 4.69) is 29.7 Å². The Kier molecular flexibility index (Phi) is 9.31. The quantitative estimate of drug-likeness (QED) is 0.419. The average Bonchev–Trinajstić information content (AvgIpc) is 3.24. The molecule has 7 nitrogen and oxygen atoms in total. The monoisotopic (exact) mass is 440 g/mol. The number of rotatable bonds is 4. The fourth-order valence-corrected chi connectivity index (χ4v) is 2.24. The molecule has 0 radical (unpaired) electrons. The zero-order chi connectivity index (χ0) is 22.2. The first kappa shape index (κ1) is 24.6. The van der Waals surface area contributed by atoms with Crippen molar-refractivity contribution >= 4 is 17.6 Å². The molecular weight excluding hydrogens is 420 g/mol. The third kappa shape index (κ3) is 7.50. The maximum absolute atomic E-state index is 12.4. The molecule has 0 saturated heterocycles. The summed E-state index contributed by atoms with van der Waals surface area (Å²) in [6, 6.07) is 4.03. The smallest absolute Gasteiger partial charge is 0.395 e. The molecule has 0 aromatic carbocycles. The van der Waals surface area contributed by atoms with E-state index in [1.54, 1.807) is 0 Å². The third-order valence-electron chi connectivity index (χ3n) is 3.29. The molecule has 12 heteroatoms. The van der Waals surface area contributed by atoms with E-state index in [4.69, 9.17) is 21.4 Å². The molecule has 2 aromatic rings. The van der Waals surface area contributed by atoms with Crippen molar-refractivity contribution in [2.45, 2.75) is 39.0 Å². The predicted octanol–water partition coefficient (Wildman–Crippen LogP) is 4.24. The van der Waals surface area contributed by atoms with Crippen molar-refractivity contribution in [3.05, 3.63) is 35.1 Å². The highest BCUT2D eigenvalue weighted by Crippen LogP contribution is 2.46. The Morgan fingerprint density at radius 1 is 1.38 bits per heavy atom. The van der Waals surface area contributed by atoms with Gasteiger partial charge in [0.25, 0.3) is 0 Å². The van der Waals surface area contributed by atoms with Crippen LogP contribution in [0, 0.1) is 5.92 Å². The number of halogens is 5. The summed E-state index contributed by atoms with van der Waals surface area (Å²) in [6.07, 6.45) is -2.61. The molecule has 1 fully saturated rings. The van der Waals surface area contributed by atoms with Crippen LogP contribution in [0.2, 0.25) is 5.15 Å². The first-order valence-electron chi connectivity index (χ1n) is 8.54. The van der Waals surface area contributed by atoms with E-state index in [0.29, 0.717) is 0 Å². The van der Waals surface area contributed by atoms with Gasteiger partial charge in [0, 0.05) is 12.3 Å². The Balaban J connectivity index is 0.000000626. The van der Waals surface area contributed by atoms with E-state index >= 15 is 0 Å². The van der Waals surface area contributed by atoms with Crippen LogP contribution >= 0.6 is 11.6 Å². The van der Waals surface area contributed by atoms with E-state index in [-0.39, 0.29) is 28.8 Å². The Morgan fingerprint density at radius 2 is 1.97 bits per heavy atom. The Hall–Kier alpha value is -2.40. The minimum atomic E-state index is -4.27. The minimum Gasteiger partial charge on any atom is -0.478 e. The predicted molar refractivity (Wildman–Crippen MR) is 98.0 cm³/mol. The van der Waals surface area contributed by atoms with Gasteiger partial charge in [0.2, 0.25) is 5.88 Å². The largest absolute Gasteiger partial charge is 0.478 e. The highest BCUT2D eigenvalue weighted by molar-refractivity contribution is 6.32. The lowest BCUT2D eigenvalue weighted by Crippen LogP contribution is -2.16. The molecule has 2 atom stereocenters. The molecule has 0 spiro atoms. The van der Waals surface area contributed by atoms with E-state index in [1.807, 2.05) is 0 Å². The number of hydrogen-bond acceptors (Lipinski definition) is 5. The summed E-state index contributed by atoms with van der Waals surface area (Å²) in [5.41, 5.74) is 4.02. The summed E-state index contributed by atoms with van der Waals surface area (Å²) in [5, 5.41) is 12.6. The lowest BCUT2D eigenvalue weighted by molar-refractivity contribution is -0.153. The highest BCUT2D eigenvalue weighted by atomic mass is 35.5. The van der Waals surface area contributed by atoms with Crippen LogP contribution in [0.25, 0.3) is 5.82 Å². The molecule has 0 aliphatic heterocycles. The molecule has 2 heterocycles. The molecule has 1 aliphatic carbocycles. The zero-order valence-corrected chi connectivity index (χ0v) is 16.4. The van der Waals surface area contributed by atoms with Crippen LogP contribution in [0.15, 0.2) is 24.4 Å². The number of carboxylic acid groups (broad SMARTS) is 1. The zero-order valence-electron chi connectivity index (χ0n) is 15.7. The lowest BCUT2D eigenvalue weighted by Gasteiger charge is -2.06. The van der Waals surface area contributed by atoms with Gasteiger partial charge in [0.15, 0.2) is 5.82 Å². The number of alkyl halides is 4. The number of nitrogens with zero attached hydrogens (tertiary/aromatic N) is 3. The summed E-state index contributed by atoms with van der Waals surface area (Å²) < 4.78 is 53.8. The standard InChI is InChI=1S/C13H9ClF3N3O3.C3H8.CH4FN/c14-11-6(12(21)22)1-2-9(18-11)20-4-3-10(19-20)23-8-5-7(8)13(15,16)17;1-3-2;2-1-3/h1-4,7-8H,5H2,(H,21,22);3H2,1-2H3;1,3H2. The van der Waals surface area contributed by atoms with Crippen molar-refractivity contribution in [3.8, 4) is 11.7 Å². The van der Waals surface area contributed by atoms with Crippen LogP contribution in [-0.2, 0) is 0 Å². The number of nitrogens with two attached hydrogens (primary N) is 1. The van der Waals surface area contributed by atoms with Gasteiger partial charge >= 0.3 is 12.1 Å². The molecule has 3 rings (SSSR count). The van der Waals surface area contributed by atoms with E-state index in [1.165, 1.54) is 35.5 Å². The van der Waals surface area contributed by atoms with Gasteiger partial charge in [-0.05, 0) is 18.6 Å². The van der Waals surface area contributed by atoms with Gasteiger partial charge < -0.3 is 15.6 Å². The fraction of sp³-hybridized carbons (Fsp3) is 0.471. The van der Waals surface area contributed by atoms with Crippen LogP contribution < -0.4 is 10.5 Å². The molecule has 1 saturated carbocycles. The molecule has 0 bridgehead atoms. The Bertz CT molecular complexity index is 799. The van der Waals surface area contributed by atoms with Crippen LogP contribution in [0.5, 0.6) is 5.88 Å². The number of carbonyl (C=O) groups is 1.